The summed E-state index contributed by atoms with van der Waals surface area (Å²) in [6.07, 6.45) is 0. The van der Waals surface area contributed by atoms with Gasteiger partial charge in [-0.2, -0.15) is 0 Å². The first-order valence-corrected chi connectivity index (χ1v) is 1.97. The smallest absolute Gasteiger partial charge is 0.403 e. The molecule has 3 heteroatoms. The van der Waals surface area contributed by atoms with Crippen LogP contribution in [0.3, 0.4) is 0 Å². The molecule has 6 heavy (non-hydrogen) atoms. The predicted octanol–water partition coefficient (Wildman–Crippen LogP) is 1.38. The topological polar surface area (TPSA) is 26.3 Å². The van der Waals surface area contributed by atoms with E-state index in [1.165, 1.54) is 0 Å². The summed E-state index contributed by atoms with van der Waals surface area (Å²) in [5, 5.41) is 0. The van der Waals surface area contributed by atoms with E-state index in [-0.39, 0.29) is 0 Å². The van der Waals surface area contributed by atoms with Gasteiger partial charge in [0.1, 0.15) is 0 Å². The number of carbonyl (C=O) groups is 1. The molecule has 0 aliphatic heterocycles. The molecule has 0 radical (unpaired) electrons. The molecule has 0 aliphatic carbocycles. The van der Waals surface area contributed by atoms with Crippen molar-refractivity contribution in [2.45, 2.75) is 6.92 Å². The molecule has 0 heterocycles. The Morgan fingerprint density at radius 2 is 2.50 bits per heavy atom. The van der Waals surface area contributed by atoms with Gasteiger partial charge < -0.3 is 4.74 Å². The Morgan fingerprint density at radius 1 is 2.00 bits per heavy atom. The highest BCUT2D eigenvalue weighted by atomic mass is 35.5. The molecule has 0 aromatic rings. The van der Waals surface area contributed by atoms with E-state index in [1.54, 1.807) is 6.92 Å². The minimum absolute atomic E-state index is 0.350. The molecular formula is C3H5ClO2. The lowest BCUT2D eigenvalue weighted by molar-refractivity contribution is 0.180. The number of carbonyl (C=O) groups excluding carboxylic acids is 1. The van der Waals surface area contributed by atoms with Crippen molar-refractivity contribution in [2.75, 3.05) is 6.61 Å². The molecule has 0 aromatic carbocycles. The number of hydrogen-bond donors (Lipinski definition) is 0. The van der Waals surface area contributed by atoms with Crippen LogP contribution in [-0.2, 0) is 4.74 Å². The molecule has 0 rings (SSSR count). The van der Waals surface area contributed by atoms with Crippen LogP contribution in [0, 0.1) is 0 Å². The molecule has 0 saturated carbocycles. The molecule has 0 bridgehead atoms. The summed E-state index contributed by atoms with van der Waals surface area (Å²) in [5.41, 5.74) is -0.738. The lowest BCUT2D eigenvalue weighted by Crippen LogP contribution is -1.89. The van der Waals surface area contributed by atoms with Crippen LogP contribution >= 0.6 is 11.6 Å². The number of hydrogen-bond acceptors (Lipinski definition) is 2. The van der Waals surface area contributed by atoms with Gasteiger partial charge in [0.05, 0.1) is 6.61 Å². The molecule has 0 saturated heterocycles. The van der Waals surface area contributed by atoms with Crippen molar-refractivity contribution in [3.63, 3.8) is 0 Å². The predicted molar refractivity (Wildman–Crippen MR) is 22.9 cm³/mol. The van der Waals surface area contributed by atoms with Gasteiger partial charge in [0.2, 0.25) is 0 Å². The molecule has 0 aliphatic rings. The first-order valence-electron chi connectivity index (χ1n) is 1.59. The molecule has 0 atom stereocenters. The summed E-state index contributed by atoms with van der Waals surface area (Å²) < 4.78 is 4.17. The van der Waals surface area contributed by atoms with E-state index in [9.17, 15) is 4.79 Å². The van der Waals surface area contributed by atoms with Crippen molar-refractivity contribution in [2.24, 2.45) is 0 Å². The minimum atomic E-state index is -0.738. The van der Waals surface area contributed by atoms with Crippen molar-refractivity contribution < 1.29 is 9.53 Å². The van der Waals surface area contributed by atoms with E-state index < -0.39 is 5.43 Å². The van der Waals surface area contributed by atoms with Gasteiger partial charge in [-0.25, -0.2) is 4.79 Å². The van der Waals surface area contributed by atoms with E-state index in [0.29, 0.717) is 6.61 Å². The molecule has 36 valence electrons. The van der Waals surface area contributed by atoms with E-state index in [2.05, 4.69) is 4.74 Å². The lowest BCUT2D eigenvalue weighted by Gasteiger charge is -1.86. The van der Waals surface area contributed by atoms with Crippen molar-refractivity contribution in [1.29, 1.82) is 0 Å². The fourth-order valence-corrected chi connectivity index (χ4v) is 0.223. The minimum Gasteiger partial charge on any atom is -0.454 e. The lowest BCUT2D eigenvalue weighted by atomic mass is 10.9. The average molecular weight is 110 g/mol. The van der Waals surface area contributed by atoms with Crippen molar-refractivity contribution in [3.8, 4) is 0 Å². The summed E-state index contributed by atoms with van der Waals surface area (Å²) in [6.45, 7) is 2.04. The second kappa shape index (κ2) is 2.97. The first-order chi connectivity index (χ1) is 2.77. The normalized spacial score (nSPS) is 7.67. The highest BCUT2D eigenvalue weighted by Gasteiger charge is 1.85. The number of halogens is 1. The SMILES string of the molecule is CCO[13C](=O)Cl. The van der Waals surface area contributed by atoms with Gasteiger partial charge in [-0.1, -0.05) is 0 Å². The Hall–Kier alpha value is -0.240. The molecule has 0 fully saturated rings. The molecule has 2 nitrogen and oxygen atoms in total. The second-order valence-corrected chi connectivity index (χ2v) is 0.979. The maximum atomic E-state index is 9.59. The maximum absolute atomic E-state index is 9.59. The summed E-state index contributed by atoms with van der Waals surface area (Å²) in [4.78, 5) is 9.59. The van der Waals surface area contributed by atoms with E-state index in [1.807, 2.05) is 0 Å². The van der Waals surface area contributed by atoms with Crippen molar-refractivity contribution in [1.82, 2.24) is 0 Å². The van der Waals surface area contributed by atoms with Crippen LogP contribution < -0.4 is 0 Å². The molecule has 0 spiro atoms. The third-order valence-electron chi connectivity index (χ3n) is 0.258. The van der Waals surface area contributed by atoms with Crippen LogP contribution in [0.1, 0.15) is 6.92 Å². The Labute approximate surface area is 41.0 Å². The van der Waals surface area contributed by atoms with E-state index >= 15 is 0 Å². The zero-order valence-corrected chi connectivity index (χ0v) is 4.16. The fraction of sp³-hybridized carbons (Fsp3) is 0.667. The van der Waals surface area contributed by atoms with Crippen LogP contribution in [0.4, 0.5) is 4.79 Å². The van der Waals surface area contributed by atoms with Crippen LogP contribution in [-0.4, -0.2) is 12.0 Å². The maximum Gasteiger partial charge on any atom is 0.403 e. The Kier molecular flexibility index (Phi) is 2.85. The highest BCUT2D eigenvalue weighted by Crippen LogP contribution is 1.82. The summed E-state index contributed by atoms with van der Waals surface area (Å²) in [6, 6.07) is 0. The summed E-state index contributed by atoms with van der Waals surface area (Å²) in [7, 11) is 0. The standard InChI is InChI=1S/C3H5ClO2/c1-2-6-3(4)5/h2H2,1H3/i3+1. The molecular weight excluding hydrogens is 104 g/mol. The van der Waals surface area contributed by atoms with Crippen LogP contribution in [0.25, 0.3) is 0 Å². The highest BCUT2D eigenvalue weighted by molar-refractivity contribution is 6.61. The van der Waals surface area contributed by atoms with Gasteiger partial charge in [-0.05, 0) is 6.92 Å². The van der Waals surface area contributed by atoms with E-state index in [4.69, 9.17) is 11.6 Å². The van der Waals surface area contributed by atoms with Gasteiger partial charge in [-0.15, -0.1) is 0 Å². The Morgan fingerprint density at radius 3 is 2.50 bits per heavy atom. The molecule has 0 amide bonds. The third kappa shape index (κ3) is 3.76. The van der Waals surface area contributed by atoms with Crippen LogP contribution in [0.5, 0.6) is 0 Å². The quantitative estimate of drug-likeness (QED) is 0.376. The first kappa shape index (κ1) is 5.76. The number of rotatable bonds is 1. The van der Waals surface area contributed by atoms with Gasteiger partial charge in [-0.3, -0.25) is 0 Å². The zero-order valence-electron chi connectivity index (χ0n) is 3.40. The van der Waals surface area contributed by atoms with Gasteiger partial charge in [0.15, 0.2) is 0 Å². The average Bonchev–Trinajstić information content (AvgIpc) is 1.35. The largest absolute Gasteiger partial charge is 0.454 e. The fourth-order valence-electron chi connectivity index (χ4n) is 0.113. The summed E-state index contributed by atoms with van der Waals surface area (Å²) >= 11 is 4.72. The number of ether oxygens (including phenoxy) is 1. The molecule has 0 aromatic heterocycles. The van der Waals surface area contributed by atoms with Crippen molar-refractivity contribution in [3.05, 3.63) is 0 Å². The van der Waals surface area contributed by atoms with E-state index in [0.717, 1.165) is 0 Å². The van der Waals surface area contributed by atoms with Crippen LogP contribution in [0.2, 0.25) is 0 Å². The Balaban J connectivity index is 2.83. The second-order valence-electron chi connectivity index (χ2n) is 0.671. The van der Waals surface area contributed by atoms with Crippen molar-refractivity contribution >= 4 is 17.0 Å². The molecule has 0 unspecified atom stereocenters. The molecule has 0 N–H and O–H groups in total. The van der Waals surface area contributed by atoms with Crippen LogP contribution in [0.15, 0.2) is 0 Å². The monoisotopic (exact) mass is 109 g/mol. The summed E-state index contributed by atoms with van der Waals surface area (Å²) in [5.74, 6) is 0. The van der Waals surface area contributed by atoms with Gasteiger partial charge in [0, 0.05) is 11.6 Å². The third-order valence-corrected chi connectivity index (χ3v) is 0.367. The Bertz CT molecular complexity index is 52.8. The van der Waals surface area contributed by atoms with Gasteiger partial charge >= 0.3 is 5.43 Å². The van der Waals surface area contributed by atoms with Gasteiger partial charge in [0.25, 0.3) is 0 Å². The zero-order chi connectivity index (χ0) is 4.99.